The number of halogens is 3. The number of aromatic nitrogens is 1. The van der Waals surface area contributed by atoms with Crippen LogP contribution in [0.5, 0.6) is 0 Å². The van der Waals surface area contributed by atoms with E-state index in [4.69, 9.17) is 0 Å². The first-order valence-electron chi connectivity index (χ1n) is 10.7. The summed E-state index contributed by atoms with van der Waals surface area (Å²) in [6, 6.07) is 1.66. The first-order valence-corrected chi connectivity index (χ1v) is 12.7. The standard InChI is InChI=1S/C16H20N4OS2.C7H12F3NO2/c1-5-23-16(12(2)17-3)14(18-4)10-22-11-20-15-7-6-13(9-21)8-19-15;1-3-13-6(12)4-5(11-2)7(8,9)10/h6-10H,3-5,11H2,1-2H3,(H,19,20);5,11H,3-4H2,1-2H3/b14-10-,16-12-;. The molecule has 1 unspecified atom stereocenters. The van der Waals surface area contributed by atoms with E-state index in [0.717, 1.165) is 35.4 Å². The topological polar surface area (TPSA) is 105 Å². The molecular weight excluding hydrogens is 515 g/mol. The molecule has 13 heteroatoms. The SMILES string of the molecule is C=NC(=C\SCNc1ccc(C=O)cn1)/C(SCC)=C(\C)N=C.CCOC(=O)CC(NC)C(F)(F)F. The Morgan fingerprint density at radius 1 is 1.28 bits per heavy atom. The van der Waals surface area contributed by atoms with Crippen molar-refractivity contribution in [2.45, 2.75) is 39.4 Å². The number of nitrogens with zero attached hydrogens (tertiary/aromatic N) is 3. The second-order valence-electron chi connectivity index (χ2n) is 6.64. The number of aliphatic imine (C=N–C) groups is 2. The number of ether oxygens (including phenoxy) is 1. The maximum Gasteiger partial charge on any atom is 0.404 e. The number of hydrogen-bond donors (Lipinski definition) is 2. The summed E-state index contributed by atoms with van der Waals surface area (Å²) < 4.78 is 40.5. The van der Waals surface area contributed by atoms with E-state index >= 15 is 0 Å². The van der Waals surface area contributed by atoms with Crippen LogP contribution in [0.15, 0.2) is 50.0 Å². The average Bonchev–Trinajstić information content (AvgIpc) is 2.86. The second kappa shape index (κ2) is 18.6. The number of rotatable bonds is 14. The van der Waals surface area contributed by atoms with Gasteiger partial charge in [-0.25, -0.2) is 4.98 Å². The molecule has 0 aliphatic heterocycles. The molecule has 0 saturated carbocycles. The van der Waals surface area contributed by atoms with E-state index in [2.05, 4.69) is 45.4 Å². The zero-order chi connectivity index (χ0) is 27.6. The van der Waals surface area contributed by atoms with Gasteiger partial charge in [0, 0.05) is 11.8 Å². The number of aldehydes is 1. The van der Waals surface area contributed by atoms with Gasteiger partial charge in [0.1, 0.15) is 11.9 Å². The molecule has 0 saturated heterocycles. The molecule has 0 aliphatic rings. The van der Waals surface area contributed by atoms with Crippen molar-refractivity contribution in [3.05, 3.63) is 45.6 Å². The lowest BCUT2D eigenvalue weighted by Crippen LogP contribution is -2.42. The van der Waals surface area contributed by atoms with Crippen LogP contribution in [0.2, 0.25) is 0 Å². The third kappa shape index (κ3) is 13.4. The van der Waals surface area contributed by atoms with Crippen LogP contribution in [0.1, 0.15) is 37.6 Å². The third-order valence-corrected chi connectivity index (χ3v) is 5.91. The molecule has 0 aromatic carbocycles. The van der Waals surface area contributed by atoms with Crippen molar-refractivity contribution < 1.29 is 27.5 Å². The molecule has 1 aromatic heterocycles. The van der Waals surface area contributed by atoms with Crippen molar-refractivity contribution in [2.24, 2.45) is 9.98 Å². The minimum absolute atomic E-state index is 0.0904. The molecule has 36 heavy (non-hydrogen) atoms. The Bertz CT molecular complexity index is 907. The van der Waals surface area contributed by atoms with Gasteiger partial charge in [-0.1, -0.05) is 6.92 Å². The van der Waals surface area contributed by atoms with Crippen LogP contribution in [0.3, 0.4) is 0 Å². The van der Waals surface area contributed by atoms with Gasteiger partial charge < -0.3 is 15.4 Å². The van der Waals surface area contributed by atoms with Gasteiger partial charge in [-0.2, -0.15) is 13.2 Å². The van der Waals surface area contributed by atoms with Gasteiger partial charge in [0.15, 0.2) is 6.29 Å². The molecule has 0 bridgehead atoms. The van der Waals surface area contributed by atoms with E-state index in [9.17, 15) is 22.8 Å². The van der Waals surface area contributed by atoms with Crippen LogP contribution < -0.4 is 10.6 Å². The molecule has 1 rings (SSSR count). The van der Waals surface area contributed by atoms with Crippen molar-refractivity contribution in [1.82, 2.24) is 10.3 Å². The van der Waals surface area contributed by atoms with E-state index in [1.54, 1.807) is 42.6 Å². The molecule has 1 heterocycles. The number of hydrogen-bond acceptors (Lipinski definition) is 10. The monoisotopic (exact) mass is 547 g/mol. The maximum atomic E-state index is 12.1. The number of alkyl halides is 3. The molecular formula is C23H32F3N5O3S2. The molecule has 8 nitrogen and oxygen atoms in total. The first-order chi connectivity index (χ1) is 17.1. The van der Waals surface area contributed by atoms with Crippen LogP contribution in [0.4, 0.5) is 19.0 Å². The number of anilines is 1. The van der Waals surface area contributed by atoms with E-state index in [1.165, 1.54) is 6.20 Å². The second-order valence-corrected chi connectivity index (χ2v) is 8.77. The summed E-state index contributed by atoms with van der Waals surface area (Å²) in [5, 5.41) is 7.10. The van der Waals surface area contributed by atoms with Gasteiger partial charge in [0.05, 0.1) is 35.2 Å². The highest BCUT2D eigenvalue weighted by atomic mass is 32.2. The molecule has 1 atom stereocenters. The van der Waals surface area contributed by atoms with Gasteiger partial charge >= 0.3 is 12.1 Å². The summed E-state index contributed by atoms with van der Waals surface area (Å²) in [6.45, 7) is 12.8. The van der Waals surface area contributed by atoms with E-state index in [1.807, 2.05) is 17.6 Å². The van der Waals surface area contributed by atoms with Crippen molar-refractivity contribution in [2.75, 3.05) is 30.6 Å². The molecule has 0 spiro atoms. The zero-order valence-corrected chi connectivity index (χ0v) is 22.4. The zero-order valence-electron chi connectivity index (χ0n) is 20.7. The highest BCUT2D eigenvalue weighted by Gasteiger charge is 2.40. The Labute approximate surface area is 218 Å². The largest absolute Gasteiger partial charge is 0.466 e. The smallest absolute Gasteiger partial charge is 0.404 e. The quantitative estimate of drug-likeness (QED) is 0.0806. The fourth-order valence-electron chi connectivity index (χ4n) is 2.33. The van der Waals surface area contributed by atoms with Crippen LogP contribution in [0.25, 0.3) is 0 Å². The Morgan fingerprint density at radius 3 is 2.42 bits per heavy atom. The fourth-order valence-corrected chi connectivity index (χ4v) is 3.90. The number of esters is 1. The van der Waals surface area contributed by atoms with Crippen LogP contribution in [-0.4, -0.2) is 68.2 Å². The van der Waals surface area contributed by atoms with Crippen molar-refractivity contribution >= 4 is 55.0 Å². The van der Waals surface area contributed by atoms with Gasteiger partial charge in [-0.3, -0.25) is 19.6 Å². The number of carbonyl (C=O) groups excluding carboxylic acids is 2. The number of allylic oxidation sites excluding steroid dienone is 1. The Balaban J connectivity index is 0.000000802. The minimum atomic E-state index is -4.42. The molecule has 2 N–H and O–H groups in total. The molecule has 0 radical (unpaired) electrons. The number of nitrogens with one attached hydrogen (secondary N) is 2. The van der Waals surface area contributed by atoms with Crippen LogP contribution >= 0.6 is 23.5 Å². The Hall–Kier alpha value is -2.64. The molecule has 200 valence electrons. The number of pyridine rings is 1. The van der Waals surface area contributed by atoms with Crippen molar-refractivity contribution in [3.63, 3.8) is 0 Å². The van der Waals surface area contributed by atoms with Crippen molar-refractivity contribution in [3.8, 4) is 0 Å². The van der Waals surface area contributed by atoms with E-state index in [0.29, 0.717) is 17.3 Å². The van der Waals surface area contributed by atoms with Crippen LogP contribution in [0, 0.1) is 0 Å². The maximum absolute atomic E-state index is 12.1. The van der Waals surface area contributed by atoms with Gasteiger partial charge in [0.2, 0.25) is 0 Å². The van der Waals surface area contributed by atoms with E-state index in [-0.39, 0.29) is 6.61 Å². The summed E-state index contributed by atoms with van der Waals surface area (Å²) in [7, 11) is 1.15. The average molecular weight is 548 g/mol. The Kier molecular flexibility index (Phi) is 17.2. The Morgan fingerprint density at radius 2 is 1.97 bits per heavy atom. The van der Waals surface area contributed by atoms with Crippen LogP contribution in [-0.2, 0) is 9.53 Å². The lowest BCUT2D eigenvalue weighted by Gasteiger charge is -2.18. The van der Waals surface area contributed by atoms with Gasteiger partial charge in [0.25, 0.3) is 0 Å². The van der Waals surface area contributed by atoms with Crippen molar-refractivity contribution in [1.29, 1.82) is 0 Å². The predicted molar refractivity (Wildman–Crippen MR) is 144 cm³/mol. The lowest BCUT2D eigenvalue weighted by molar-refractivity contribution is -0.168. The molecule has 1 aromatic rings. The van der Waals surface area contributed by atoms with Gasteiger partial charge in [-0.15, -0.1) is 23.5 Å². The first kappa shape index (κ1) is 33.4. The minimum Gasteiger partial charge on any atom is -0.466 e. The summed E-state index contributed by atoms with van der Waals surface area (Å²) in [5.41, 5.74) is 2.19. The molecule has 0 fully saturated rings. The summed E-state index contributed by atoms with van der Waals surface area (Å²) in [5.74, 6) is 1.41. The molecule has 0 aliphatic carbocycles. The molecule has 0 amide bonds. The predicted octanol–water partition coefficient (Wildman–Crippen LogP) is 5.31. The number of carbonyl (C=O) groups is 2. The summed E-state index contributed by atoms with van der Waals surface area (Å²) in [6.07, 6.45) is -2.80. The fraction of sp³-hybridized carbons (Fsp3) is 0.435. The summed E-state index contributed by atoms with van der Waals surface area (Å²) >= 11 is 3.21. The highest BCUT2D eigenvalue weighted by Crippen LogP contribution is 2.30. The lowest BCUT2D eigenvalue weighted by atomic mass is 10.2. The van der Waals surface area contributed by atoms with E-state index < -0.39 is 24.6 Å². The highest BCUT2D eigenvalue weighted by molar-refractivity contribution is 8.03. The number of thioether (sulfide) groups is 2. The van der Waals surface area contributed by atoms with Gasteiger partial charge in [-0.05, 0) is 57.6 Å². The third-order valence-electron chi connectivity index (χ3n) is 4.13. The summed E-state index contributed by atoms with van der Waals surface area (Å²) in [4.78, 5) is 34.5. The normalized spacial score (nSPS) is 12.9.